The summed E-state index contributed by atoms with van der Waals surface area (Å²) in [5.41, 5.74) is 5.59. The van der Waals surface area contributed by atoms with Crippen LogP contribution in [0.5, 0.6) is 5.75 Å². The normalized spacial score (nSPS) is 11.0. The van der Waals surface area contributed by atoms with E-state index in [9.17, 15) is 4.79 Å². The average molecular weight is 498 g/mol. The smallest absolute Gasteiger partial charge is 0.276 e. The number of amides is 1. The number of ether oxygens (including phenoxy) is 1. The quantitative estimate of drug-likeness (QED) is 0.341. The molecule has 0 bridgehead atoms. The first-order valence-corrected chi connectivity index (χ1v) is 11.5. The summed E-state index contributed by atoms with van der Waals surface area (Å²) in [5.74, 6) is 0.443. The highest BCUT2D eigenvalue weighted by Gasteiger charge is 2.18. The van der Waals surface area contributed by atoms with Crippen molar-refractivity contribution in [3.63, 3.8) is 0 Å². The summed E-state index contributed by atoms with van der Waals surface area (Å²) < 4.78 is 9.20. The van der Waals surface area contributed by atoms with Gasteiger partial charge < -0.3 is 10.1 Å². The third kappa shape index (κ3) is 5.43. The average Bonchev–Trinajstić information content (AvgIpc) is 3.34. The summed E-state index contributed by atoms with van der Waals surface area (Å²) in [6, 6.07) is 13.0. The van der Waals surface area contributed by atoms with E-state index in [4.69, 9.17) is 27.9 Å². The maximum Gasteiger partial charge on any atom is 0.276 e. The van der Waals surface area contributed by atoms with Crippen LogP contribution in [-0.2, 0) is 13.3 Å². The highest BCUT2D eigenvalue weighted by molar-refractivity contribution is 6.35. The van der Waals surface area contributed by atoms with E-state index < -0.39 is 0 Å². The topological polar surface area (TPSA) is 74.0 Å². The van der Waals surface area contributed by atoms with E-state index in [2.05, 4.69) is 21.6 Å². The standard InChI is InChI=1S/C25H25Cl2N5O2/c1-15-9-16(2)11-21(10-15)34-14-31-8-7-23(30-31)25(33)28-24-17(3)29-32(18(24)4)13-19-5-6-20(26)12-22(19)27/h5-12H,13-14H2,1-4H3,(H,28,33). The Hall–Kier alpha value is -3.29. The lowest BCUT2D eigenvalue weighted by atomic mass is 10.1. The molecule has 0 unspecified atom stereocenters. The fraction of sp³-hybridized carbons (Fsp3) is 0.240. The number of anilines is 1. The van der Waals surface area contributed by atoms with Crippen LogP contribution in [0.3, 0.4) is 0 Å². The molecule has 2 aromatic heterocycles. The van der Waals surface area contributed by atoms with E-state index in [0.717, 1.165) is 28.1 Å². The van der Waals surface area contributed by atoms with Gasteiger partial charge in [-0.1, -0.05) is 35.3 Å². The van der Waals surface area contributed by atoms with Gasteiger partial charge in [0.2, 0.25) is 0 Å². The Morgan fingerprint density at radius 2 is 1.74 bits per heavy atom. The lowest BCUT2D eigenvalue weighted by molar-refractivity contribution is 0.102. The van der Waals surface area contributed by atoms with E-state index in [-0.39, 0.29) is 18.3 Å². The zero-order chi connectivity index (χ0) is 24.4. The number of hydrogen-bond acceptors (Lipinski definition) is 4. The second kappa shape index (κ2) is 9.91. The molecule has 0 aliphatic carbocycles. The van der Waals surface area contributed by atoms with Crippen LogP contribution < -0.4 is 10.1 Å². The predicted molar refractivity (Wildman–Crippen MR) is 134 cm³/mol. The van der Waals surface area contributed by atoms with Gasteiger partial charge in [-0.15, -0.1) is 0 Å². The molecule has 9 heteroatoms. The molecular formula is C25H25Cl2N5O2. The molecule has 0 aliphatic heterocycles. The Bertz CT molecular complexity index is 1340. The molecule has 0 saturated heterocycles. The Labute approximate surface area is 208 Å². The van der Waals surface area contributed by atoms with Crippen LogP contribution in [0.4, 0.5) is 5.69 Å². The van der Waals surface area contributed by atoms with E-state index in [1.165, 1.54) is 0 Å². The van der Waals surface area contributed by atoms with Gasteiger partial charge in [0.25, 0.3) is 5.91 Å². The number of aryl methyl sites for hydroxylation is 3. The van der Waals surface area contributed by atoms with Crippen molar-refractivity contribution in [1.82, 2.24) is 19.6 Å². The summed E-state index contributed by atoms with van der Waals surface area (Å²) in [5, 5.41) is 13.0. The maximum atomic E-state index is 12.9. The minimum atomic E-state index is -0.319. The fourth-order valence-corrected chi connectivity index (χ4v) is 4.20. The Morgan fingerprint density at radius 1 is 1.00 bits per heavy atom. The Morgan fingerprint density at radius 3 is 2.44 bits per heavy atom. The van der Waals surface area contributed by atoms with Crippen LogP contribution in [-0.4, -0.2) is 25.5 Å². The first kappa shape index (κ1) is 23.9. The minimum absolute atomic E-state index is 0.202. The first-order valence-electron chi connectivity index (χ1n) is 10.7. The summed E-state index contributed by atoms with van der Waals surface area (Å²) in [7, 11) is 0. The lowest BCUT2D eigenvalue weighted by Gasteiger charge is -2.09. The SMILES string of the molecule is Cc1cc(C)cc(OCn2ccc(C(=O)Nc3c(C)nn(Cc4ccc(Cl)cc4Cl)c3C)n2)c1. The number of carbonyl (C=O) groups excluding carboxylic acids is 1. The number of aromatic nitrogens is 4. The molecule has 176 valence electrons. The van der Waals surface area contributed by atoms with Gasteiger partial charge in [0.1, 0.15) is 5.75 Å². The predicted octanol–water partition coefficient (Wildman–Crippen LogP) is 5.96. The third-order valence-electron chi connectivity index (χ3n) is 5.39. The van der Waals surface area contributed by atoms with Crippen molar-refractivity contribution in [2.45, 2.75) is 41.0 Å². The first-order chi connectivity index (χ1) is 16.2. The Balaban J connectivity index is 1.43. The molecule has 0 fully saturated rings. The molecule has 1 N–H and O–H groups in total. The van der Waals surface area contributed by atoms with Crippen molar-refractivity contribution in [1.29, 1.82) is 0 Å². The maximum absolute atomic E-state index is 12.9. The van der Waals surface area contributed by atoms with Gasteiger partial charge in [-0.3, -0.25) is 9.48 Å². The summed E-state index contributed by atoms with van der Waals surface area (Å²) in [6.07, 6.45) is 1.71. The number of nitrogens with one attached hydrogen (secondary N) is 1. The summed E-state index contributed by atoms with van der Waals surface area (Å²) >= 11 is 12.3. The van der Waals surface area contributed by atoms with Gasteiger partial charge in [-0.25, -0.2) is 4.68 Å². The largest absolute Gasteiger partial charge is 0.471 e. The van der Waals surface area contributed by atoms with Crippen LogP contribution in [0.2, 0.25) is 10.0 Å². The Kier molecular flexibility index (Phi) is 6.95. The number of carbonyl (C=O) groups is 1. The molecule has 1 amide bonds. The lowest BCUT2D eigenvalue weighted by Crippen LogP contribution is -2.15. The summed E-state index contributed by atoms with van der Waals surface area (Å²) in [6.45, 7) is 8.45. The number of benzene rings is 2. The number of halogens is 2. The van der Waals surface area contributed by atoms with Crippen LogP contribution in [0.15, 0.2) is 48.7 Å². The van der Waals surface area contributed by atoms with Gasteiger partial charge in [-0.2, -0.15) is 10.2 Å². The minimum Gasteiger partial charge on any atom is -0.471 e. The molecule has 0 aliphatic rings. The molecule has 34 heavy (non-hydrogen) atoms. The summed E-state index contributed by atoms with van der Waals surface area (Å²) in [4.78, 5) is 12.9. The molecule has 0 atom stereocenters. The van der Waals surface area contributed by atoms with Gasteiger partial charge in [0, 0.05) is 16.2 Å². The number of rotatable bonds is 7. The third-order valence-corrected chi connectivity index (χ3v) is 5.97. The van der Waals surface area contributed by atoms with Crippen molar-refractivity contribution in [3.8, 4) is 5.75 Å². The van der Waals surface area contributed by atoms with Crippen LogP contribution in [0, 0.1) is 27.7 Å². The van der Waals surface area contributed by atoms with Crippen LogP contribution >= 0.6 is 23.2 Å². The molecular weight excluding hydrogens is 473 g/mol. The molecule has 0 radical (unpaired) electrons. The molecule has 4 aromatic rings. The van der Waals surface area contributed by atoms with Gasteiger partial charge >= 0.3 is 0 Å². The molecule has 0 spiro atoms. The molecule has 4 rings (SSSR count). The number of hydrogen-bond donors (Lipinski definition) is 1. The van der Waals surface area contributed by atoms with E-state index in [1.54, 1.807) is 33.8 Å². The van der Waals surface area contributed by atoms with Crippen molar-refractivity contribution in [2.75, 3.05) is 5.32 Å². The highest BCUT2D eigenvalue weighted by atomic mass is 35.5. The van der Waals surface area contributed by atoms with Crippen molar-refractivity contribution >= 4 is 34.8 Å². The van der Waals surface area contributed by atoms with Crippen molar-refractivity contribution in [2.24, 2.45) is 0 Å². The second-order valence-corrected chi connectivity index (χ2v) is 9.07. The molecule has 7 nitrogen and oxygen atoms in total. The molecule has 0 saturated carbocycles. The van der Waals surface area contributed by atoms with Crippen molar-refractivity contribution in [3.05, 3.63) is 92.5 Å². The van der Waals surface area contributed by atoms with E-state index in [1.807, 2.05) is 45.9 Å². The van der Waals surface area contributed by atoms with E-state index in [0.29, 0.717) is 28.0 Å². The second-order valence-electron chi connectivity index (χ2n) is 8.23. The van der Waals surface area contributed by atoms with Crippen molar-refractivity contribution < 1.29 is 9.53 Å². The monoisotopic (exact) mass is 497 g/mol. The van der Waals surface area contributed by atoms with Crippen LogP contribution in [0.1, 0.15) is 38.6 Å². The fourth-order valence-electron chi connectivity index (χ4n) is 3.73. The van der Waals surface area contributed by atoms with Gasteiger partial charge in [0.05, 0.1) is 23.6 Å². The highest BCUT2D eigenvalue weighted by Crippen LogP contribution is 2.25. The van der Waals surface area contributed by atoms with E-state index >= 15 is 0 Å². The molecule has 2 aromatic carbocycles. The molecule has 2 heterocycles. The number of nitrogens with zero attached hydrogens (tertiary/aromatic N) is 4. The van der Waals surface area contributed by atoms with Gasteiger partial charge in [0.15, 0.2) is 12.4 Å². The van der Waals surface area contributed by atoms with Crippen LogP contribution in [0.25, 0.3) is 0 Å². The zero-order valence-electron chi connectivity index (χ0n) is 19.4. The zero-order valence-corrected chi connectivity index (χ0v) is 20.9. The van der Waals surface area contributed by atoms with Gasteiger partial charge in [-0.05, 0) is 74.7 Å².